The van der Waals surface area contributed by atoms with Gasteiger partial charge in [0.15, 0.2) is 0 Å². The van der Waals surface area contributed by atoms with Crippen LogP contribution in [-0.2, 0) is 9.78 Å². The maximum absolute atomic E-state index is 8.52. The normalized spacial score (nSPS) is 18.5. The van der Waals surface area contributed by atoms with Crippen LogP contribution in [0, 0.1) is 0 Å². The molecule has 11 heavy (non-hydrogen) atoms. The van der Waals surface area contributed by atoms with Crippen LogP contribution in [0.4, 0.5) is 0 Å². The molecule has 1 aliphatic rings. The van der Waals surface area contributed by atoms with E-state index in [0.717, 1.165) is 26.1 Å². The van der Waals surface area contributed by atoms with Crippen molar-refractivity contribution in [2.45, 2.75) is 39.2 Å². The molecular weight excluding hydrogens is 144 g/mol. The molecule has 0 amide bonds. The van der Waals surface area contributed by atoms with Crippen molar-refractivity contribution < 1.29 is 14.9 Å². The fourth-order valence-electron chi connectivity index (χ4n) is 0.440. The van der Waals surface area contributed by atoms with E-state index in [1.54, 1.807) is 20.8 Å². The molecule has 1 fully saturated rings. The average molecular weight is 162 g/mol. The minimum atomic E-state index is -0.500. The summed E-state index contributed by atoms with van der Waals surface area (Å²) in [4.78, 5) is 9.14. The first-order chi connectivity index (χ1) is 5.00. The number of rotatable bonds is 0. The van der Waals surface area contributed by atoms with E-state index in [4.69, 9.17) is 5.11 Å². The van der Waals surface area contributed by atoms with Crippen LogP contribution in [0.25, 0.3) is 0 Å². The molecule has 0 radical (unpaired) electrons. The fourth-order valence-corrected chi connectivity index (χ4v) is 0.440. The van der Waals surface area contributed by atoms with Gasteiger partial charge in [-0.3, -0.25) is 0 Å². The Morgan fingerprint density at radius 2 is 1.27 bits per heavy atom. The largest absolute Gasteiger partial charge is 0.391 e. The molecule has 0 aliphatic carbocycles. The Hall–Kier alpha value is -0.120. The monoisotopic (exact) mass is 162 g/mol. The summed E-state index contributed by atoms with van der Waals surface area (Å²) in [5.74, 6) is 0. The molecule has 0 aromatic carbocycles. The third-order valence-electron chi connectivity index (χ3n) is 0.789. The quantitative estimate of drug-likeness (QED) is 0.549. The van der Waals surface area contributed by atoms with Gasteiger partial charge in [-0.1, -0.05) is 0 Å². The molecule has 68 valence electrons. The lowest BCUT2D eigenvalue weighted by Crippen LogP contribution is -2.10. The van der Waals surface area contributed by atoms with Crippen molar-refractivity contribution in [2.24, 2.45) is 0 Å². The van der Waals surface area contributed by atoms with Gasteiger partial charge in [0, 0.05) is 0 Å². The van der Waals surface area contributed by atoms with E-state index >= 15 is 0 Å². The standard InChI is InChI=1S/C4H8O2.C4H10O/c1-2-4-6-5-3-1;1-4(2,3)5/h1-4H2;5H,1-3H3. The summed E-state index contributed by atoms with van der Waals surface area (Å²) in [6.07, 6.45) is 2.31. The highest BCUT2D eigenvalue weighted by atomic mass is 17.2. The first-order valence-corrected chi connectivity index (χ1v) is 3.97. The minimum absolute atomic E-state index is 0.500. The zero-order chi connectivity index (χ0) is 8.74. The molecule has 0 aromatic rings. The summed E-state index contributed by atoms with van der Waals surface area (Å²) in [6.45, 7) is 6.78. The van der Waals surface area contributed by atoms with Gasteiger partial charge in [0.25, 0.3) is 0 Å². The van der Waals surface area contributed by atoms with Crippen molar-refractivity contribution in [2.75, 3.05) is 13.2 Å². The van der Waals surface area contributed by atoms with Crippen LogP contribution in [0.1, 0.15) is 33.6 Å². The zero-order valence-corrected chi connectivity index (χ0v) is 7.59. The Kier molecular flexibility index (Phi) is 5.46. The second kappa shape index (κ2) is 5.52. The van der Waals surface area contributed by atoms with Gasteiger partial charge in [-0.15, -0.1) is 0 Å². The molecule has 1 heterocycles. The summed E-state index contributed by atoms with van der Waals surface area (Å²) in [7, 11) is 0. The molecule has 0 spiro atoms. The Morgan fingerprint density at radius 3 is 1.36 bits per heavy atom. The van der Waals surface area contributed by atoms with Gasteiger partial charge in [0.1, 0.15) is 0 Å². The maximum atomic E-state index is 8.52. The van der Waals surface area contributed by atoms with Crippen molar-refractivity contribution in [1.29, 1.82) is 0 Å². The van der Waals surface area contributed by atoms with Crippen LogP contribution in [0.2, 0.25) is 0 Å². The van der Waals surface area contributed by atoms with Gasteiger partial charge in [-0.25, -0.2) is 9.78 Å². The molecule has 0 atom stereocenters. The molecule has 1 rings (SSSR count). The van der Waals surface area contributed by atoms with Crippen LogP contribution in [0.3, 0.4) is 0 Å². The number of aliphatic hydroxyl groups is 1. The first-order valence-electron chi connectivity index (χ1n) is 3.97. The molecule has 0 saturated carbocycles. The summed E-state index contributed by atoms with van der Waals surface area (Å²) in [6, 6.07) is 0. The van der Waals surface area contributed by atoms with Crippen molar-refractivity contribution in [1.82, 2.24) is 0 Å². The van der Waals surface area contributed by atoms with E-state index in [1.807, 2.05) is 0 Å². The van der Waals surface area contributed by atoms with Crippen LogP contribution in [0.5, 0.6) is 0 Å². The van der Waals surface area contributed by atoms with E-state index in [0.29, 0.717) is 0 Å². The Bertz CT molecular complexity index is 64.3. The van der Waals surface area contributed by atoms with Crippen molar-refractivity contribution >= 4 is 0 Å². The maximum Gasteiger partial charge on any atom is 0.0823 e. The lowest BCUT2D eigenvalue weighted by atomic mass is 10.2. The predicted octanol–water partition coefficient (Wildman–Crippen LogP) is 1.51. The van der Waals surface area contributed by atoms with E-state index in [2.05, 4.69) is 9.78 Å². The Balaban J connectivity index is 0.000000187. The van der Waals surface area contributed by atoms with E-state index < -0.39 is 5.60 Å². The molecule has 0 bridgehead atoms. The Labute approximate surface area is 68.2 Å². The molecule has 1 saturated heterocycles. The van der Waals surface area contributed by atoms with E-state index in [-0.39, 0.29) is 0 Å². The summed E-state index contributed by atoms with van der Waals surface area (Å²) < 4.78 is 0. The molecular formula is C8H18O3. The topological polar surface area (TPSA) is 38.7 Å². The number of hydrogen-bond acceptors (Lipinski definition) is 3. The predicted molar refractivity (Wildman–Crippen MR) is 43.1 cm³/mol. The summed E-state index contributed by atoms with van der Waals surface area (Å²) in [5.41, 5.74) is -0.500. The van der Waals surface area contributed by atoms with Crippen molar-refractivity contribution in [3.05, 3.63) is 0 Å². The minimum Gasteiger partial charge on any atom is -0.391 e. The van der Waals surface area contributed by atoms with Gasteiger partial charge in [-0.2, -0.15) is 0 Å². The van der Waals surface area contributed by atoms with Crippen molar-refractivity contribution in [3.8, 4) is 0 Å². The molecule has 0 unspecified atom stereocenters. The highest BCUT2D eigenvalue weighted by molar-refractivity contribution is 4.50. The third-order valence-corrected chi connectivity index (χ3v) is 0.789. The zero-order valence-electron chi connectivity index (χ0n) is 7.59. The van der Waals surface area contributed by atoms with E-state index in [1.165, 1.54) is 0 Å². The van der Waals surface area contributed by atoms with Gasteiger partial charge >= 0.3 is 0 Å². The molecule has 0 aromatic heterocycles. The van der Waals surface area contributed by atoms with Crippen LogP contribution < -0.4 is 0 Å². The number of hydrogen-bond donors (Lipinski definition) is 1. The lowest BCUT2D eigenvalue weighted by Gasteiger charge is -2.07. The highest BCUT2D eigenvalue weighted by Crippen LogP contribution is 1.97. The first kappa shape index (κ1) is 10.9. The smallest absolute Gasteiger partial charge is 0.0823 e. The molecule has 1 aliphatic heterocycles. The van der Waals surface area contributed by atoms with Crippen LogP contribution >= 0.6 is 0 Å². The van der Waals surface area contributed by atoms with Gasteiger partial charge in [0.2, 0.25) is 0 Å². The van der Waals surface area contributed by atoms with Gasteiger partial charge in [0.05, 0.1) is 18.8 Å². The Morgan fingerprint density at radius 1 is 1.00 bits per heavy atom. The third kappa shape index (κ3) is 17.7. The van der Waals surface area contributed by atoms with Crippen LogP contribution in [0.15, 0.2) is 0 Å². The average Bonchev–Trinajstić information content (AvgIpc) is 1.88. The van der Waals surface area contributed by atoms with Crippen LogP contribution in [-0.4, -0.2) is 23.9 Å². The molecule has 1 N–H and O–H groups in total. The van der Waals surface area contributed by atoms with E-state index in [9.17, 15) is 0 Å². The second-order valence-corrected chi connectivity index (χ2v) is 3.52. The molecule has 3 nitrogen and oxygen atoms in total. The summed E-state index contributed by atoms with van der Waals surface area (Å²) in [5, 5.41) is 8.52. The second-order valence-electron chi connectivity index (χ2n) is 3.52. The summed E-state index contributed by atoms with van der Waals surface area (Å²) >= 11 is 0. The van der Waals surface area contributed by atoms with Gasteiger partial charge in [-0.05, 0) is 33.6 Å². The van der Waals surface area contributed by atoms with Crippen molar-refractivity contribution in [3.63, 3.8) is 0 Å². The lowest BCUT2D eigenvalue weighted by molar-refractivity contribution is -0.312. The fraction of sp³-hybridized carbons (Fsp3) is 1.00. The SMILES string of the molecule is C1CCOOC1.CC(C)(C)O. The molecule has 3 heteroatoms. The highest BCUT2D eigenvalue weighted by Gasteiger charge is 1.98. The van der Waals surface area contributed by atoms with Gasteiger partial charge < -0.3 is 5.11 Å².